The number of nitrogens with zero attached hydrogens (tertiary/aromatic N) is 2. The number of hydrogen-bond donors (Lipinski definition) is 2. The van der Waals surface area contributed by atoms with Gasteiger partial charge in [-0.3, -0.25) is 4.79 Å². The summed E-state index contributed by atoms with van der Waals surface area (Å²) < 4.78 is 0.782. The number of anilines is 1. The van der Waals surface area contributed by atoms with Gasteiger partial charge in [-0.25, -0.2) is 4.79 Å². The number of amides is 3. The summed E-state index contributed by atoms with van der Waals surface area (Å²) in [6.45, 7) is 2.30. The minimum atomic E-state index is -0.0387. The maximum atomic E-state index is 12.5. The zero-order chi connectivity index (χ0) is 14.3. The predicted octanol–water partition coefficient (Wildman–Crippen LogP) is 0.881. The number of nitrogen functional groups attached to an aromatic ring is 1. The second-order valence-corrected chi connectivity index (χ2v) is 5.88. The summed E-state index contributed by atoms with van der Waals surface area (Å²) in [6.07, 6.45) is 0. The average Bonchev–Trinajstić information content (AvgIpc) is 2.82. The standard InChI is InChI=1S/C13H15BrN4O2/c14-10-2-1-8(5-11(10)15)12(19)17-3-4-18-9(7-17)6-16-13(18)20/h1-2,5,9H,3-4,6-7,15H2,(H,16,20). The van der Waals surface area contributed by atoms with Crippen LogP contribution in [-0.4, -0.2) is 54.0 Å². The molecule has 1 aromatic carbocycles. The number of piperazine rings is 1. The zero-order valence-electron chi connectivity index (χ0n) is 10.8. The zero-order valence-corrected chi connectivity index (χ0v) is 12.4. The van der Waals surface area contributed by atoms with Crippen molar-refractivity contribution in [3.05, 3.63) is 28.2 Å². The van der Waals surface area contributed by atoms with E-state index in [9.17, 15) is 9.59 Å². The molecule has 0 aromatic heterocycles. The van der Waals surface area contributed by atoms with Crippen LogP contribution in [-0.2, 0) is 0 Å². The molecule has 1 aromatic rings. The number of nitrogens with two attached hydrogens (primary N) is 1. The molecule has 0 spiro atoms. The van der Waals surface area contributed by atoms with Crippen LogP contribution in [0.1, 0.15) is 10.4 Å². The average molecular weight is 339 g/mol. The van der Waals surface area contributed by atoms with Gasteiger partial charge in [-0.1, -0.05) is 0 Å². The molecule has 2 aliphatic heterocycles. The van der Waals surface area contributed by atoms with Gasteiger partial charge in [0.15, 0.2) is 0 Å². The summed E-state index contributed by atoms with van der Waals surface area (Å²) in [4.78, 5) is 27.6. The Morgan fingerprint density at radius 2 is 2.20 bits per heavy atom. The molecule has 2 heterocycles. The van der Waals surface area contributed by atoms with Gasteiger partial charge in [0.2, 0.25) is 0 Å². The Hall–Kier alpha value is -1.76. The van der Waals surface area contributed by atoms with Crippen molar-refractivity contribution in [3.63, 3.8) is 0 Å². The lowest BCUT2D eigenvalue weighted by molar-refractivity contribution is 0.0617. The molecule has 2 aliphatic rings. The number of benzene rings is 1. The van der Waals surface area contributed by atoms with E-state index in [1.165, 1.54) is 0 Å². The number of carbonyl (C=O) groups is 2. The van der Waals surface area contributed by atoms with E-state index in [0.717, 1.165) is 4.47 Å². The van der Waals surface area contributed by atoms with Gasteiger partial charge in [-0.05, 0) is 34.1 Å². The summed E-state index contributed by atoms with van der Waals surface area (Å²) in [7, 11) is 0. The molecular weight excluding hydrogens is 324 g/mol. The Balaban J connectivity index is 1.75. The fraction of sp³-hybridized carbons (Fsp3) is 0.385. The van der Waals surface area contributed by atoms with E-state index in [4.69, 9.17) is 5.73 Å². The fourth-order valence-electron chi connectivity index (χ4n) is 2.65. The molecule has 20 heavy (non-hydrogen) atoms. The van der Waals surface area contributed by atoms with E-state index in [1.54, 1.807) is 28.0 Å². The van der Waals surface area contributed by atoms with E-state index in [-0.39, 0.29) is 18.0 Å². The third kappa shape index (κ3) is 2.22. The Labute approximate surface area is 125 Å². The van der Waals surface area contributed by atoms with Crippen molar-refractivity contribution in [2.75, 3.05) is 31.9 Å². The largest absolute Gasteiger partial charge is 0.398 e. The highest BCUT2D eigenvalue weighted by Gasteiger charge is 2.37. The first-order chi connectivity index (χ1) is 9.56. The highest BCUT2D eigenvalue weighted by Crippen LogP contribution is 2.22. The Morgan fingerprint density at radius 1 is 1.40 bits per heavy atom. The third-order valence-corrected chi connectivity index (χ3v) is 4.48. The minimum absolute atomic E-state index is 0.0324. The summed E-state index contributed by atoms with van der Waals surface area (Å²) >= 11 is 3.32. The predicted molar refractivity (Wildman–Crippen MR) is 78.4 cm³/mol. The molecule has 7 heteroatoms. The smallest absolute Gasteiger partial charge is 0.317 e. The van der Waals surface area contributed by atoms with Crippen molar-refractivity contribution in [2.45, 2.75) is 6.04 Å². The molecule has 0 radical (unpaired) electrons. The Kier molecular flexibility index (Phi) is 3.29. The number of carbonyl (C=O) groups excluding carboxylic acids is 2. The number of hydrogen-bond acceptors (Lipinski definition) is 3. The summed E-state index contributed by atoms with van der Waals surface area (Å²) in [5, 5.41) is 2.80. The van der Waals surface area contributed by atoms with Gasteiger partial charge < -0.3 is 20.9 Å². The molecule has 1 atom stereocenters. The minimum Gasteiger partial charge on any atom is -0.398 e. The van der Waals surface area contributed by atoms with Crippen LogP contribution in [0.15, 0.2) is 22.7 Å². The van der Waals surface area contributed by atoms with Crippen LogP contribution in [0.5, 0.6) is 0 Å². The SMILES string of the molecule is Nc1cc(C(=O)N2CCN3C(=O)NCC3C2)ccc1Br. The van der Waals surface area contributed by atoms with Crippen LogP contribution in [0, 0.1) is 0 Å². The van der Waals surface area contributed by atoms with Crippen molar-refractivity contribution in [3.8, 4) is 0 Å². The summed E-state index contributed by atoms with van der Waals surface area (Å²) in [5.74, 6) is -0.0387. The number of urea groups is 1. The lowest BCUT2D eigenvalue weighted by Crippen LogP contribution is -2.53. The summed E-state index contributed by atoms with van der Waals surface area (Å²) in [5.41, 5.74) is 6.94. The van der Waals surface area contributed by atoms with Gasteiger partial charge in [0.25, 0.3) is 5.91 Å². The molecule has 106 valence electrons. The first-order valence-corrected chi connectivity index (χ1v) is 7.24. The topological polar surface area (TPSA) is 78.7 Å². The van der Waals surface area contributed by atoms with Crippen LogP contribution in [0.3, 0.4) is 0 Å². The van der Waals surface area contributed by atoms with Crippen molar-refractivity contribution in [2.24, 2.45) is 0 Å². The van der Waals surface area contributed by atoms with E-state index < -0.39 is 0 Å². The molecule has 1 unspecified atom stereocenters. The lowest BCUT2D eigenvalue weighted by atomic mass is 10.1. The quantitative estimate of drug-likeness (QED) is 0.746. The number of nitrogens with one attached hydrogen (secondary N) is 1. The van der Waals surface area contributed by atoms with Gasteiger partial charge in [0.05, 0.1) is 6.04 Å². The highest BCUT2D eigenvalue weighted by molar-refractivity contribution is 9.10. The Bertz CT molecular complexity index is 577. The van der Waals surface area contributed by atoms with Crippen LogP contribution in [0.4, 0.5) is 10.5 Å². The van der Waals surface area contributed by atoms with Gasteiger partial charge in [-0.15, -0.1) is 0 Å². The maximum absolute atomic E-state index is 12.5. The van der Waals surface area contributed by atoms with Crippen molar-refractivity contribution in [1.82, 2.24) is 15.1 Å². The molecule has 2 saturated heterocycles. The second-order valence-electron chi connectivity index (χ2n) is 5.02. The third-order valence-electron chi connectivity index (χ3n) is 3.76. The van der Waals surface area contributed by atoms with Crippen LogP contribution in [0.25, 0.3) is 0 Å². The molecule has 6 nitrogen and oxygen atoms in total. The fourth-order valence-corrected chi connectivity index (χ4v) is 2.89. The highest BCUT2D eigenvalue weighted by atomic mass is 79.9. The normalized spacial score (nSPS) is 21.6. The molecular formula is C13H15BrN4O2. The monoisotopic (exact) mass is 338 g/mol. The lowest BCUT2D eigenvalue weighted by Gasteiger charge is -2.36. The van der Waals surface area contributed by atoms with Crippen molar-refractivity contribution < 1.29 is 9.59 Å². The van der Waals surface area contributed by atoms with Crippen LogP contribution in [0.2, 0.25) is 0 Å². The van der Waals surface area contributed by atoms with Crippen molar-refractivity contribution >= 4 is 33.6 Å². The molecule has 0 bridgehead atoms. The first kappa shape index (κ1) is 13.2. The molecule has 0 saturated carbocycles. The molecule has 3 rings (SSSR count). The van der Waals surface area contributed by atoms with Gasteiger partial charge in [0.1, 0.15) is 0 Å². The number of fused-ring (bicyclic) bond motifs is 1. The van der Waals surface area contributed by atoms with Gasteiger partial charge in [0, 0.05) is 41.9 Å². The molecule has 3 N–H and O–H groups in total. The van der Waals surface area contributed by atoms with Crippen molar-refractivity contribution in [1.29, 1.82) is 0 Å². The van der Waals surface area contributed by atoms with E-state index in [1.807, 2.05) is 0 Å². The first-order valence-electron chi connectivity index (χ1n) is 6.45. The number of rotatable bonds is 1. The van der Waals surface area contributed by atoms with Crippen LogP contribution >= 0.6 is 15.9 Å². The molecule has 3 amide bonds. The molecule has 0 aliphatic carbocycles. The van der Waals surface area contributed by atoms with E-state index in [0.29, 0.717) is 37.4 Å². The van der Waals surface area contributed by atoms with E-state index in [2.05, 4.69) is 21.2 Å². The Morgan fingerprint density at radius 3 is 2.95 bits per heavy atom. The van der Waals surface area contributed by atoms with Gasteiger partial charge >= 0.3 is 6.03 Å². The van der Waals surface area contributed by atoms with Crippen LogP contribution < -0.4 is 11.1 Å². The second kappa shape index (κ2) is 4.97. The van der Waals surface area contributed by atoms with E-state index >= 15 is 0 Å². The number of halogens is 1. The molecule has 2 fully saturated rings. The van der Waals surface area contributed by atoms with Gasteiger partial charge in [-0.2, -0.15) is 0 Å². The maximum Gasteiger partial charge on any atom is 0.317 e. The summed E-state index contributed by atoms with van der Waals surface area (Å²) in [6, 6.07) is 5.26.